The lowest BCUT2D eigenvalue weighted by molar-refractivity contribution is 0.420. The van der Waals surface area contributed by atoms with Crippen LogP contribution < -0.4 is 0 Å². The van der Waals surface area contributed by atoms with Crippen molar-refractivity contribution in [1.29, 1.82) is 0 Å². The molecule has 6 aliphatic carbocycles. The molecule has 0 saturated carbocycles. The molecule has 0 saturated heterocycles. The Labute approximate surface area is 171 Å². The van der Waals surface area contributed by atoms with E-state index >= 15 is 0 Å². The van der Waals surface area contributed by atoms with E-state index in [1.807, 2.05) is 0 Å². The van der Waals surface area contributed by atoms with Crippen molar-refractivity contribution < 1.29 is 0 Å². The fourth-order valence-electron chi connectivity index (χ4n) is 6.90. The normalized spacial score (nSPS) is 27.3. The maximum absolute atomic E-state index is 2.49. The minimum atomic E-state index is -0.0821. The quantitative estimate of drug-likeness (QED) is 0.322. The Morgan fingerprint density at radius 2 is 0.793 bits per heavy atom. The molecule has 4 aromatic carbocycles. The van der Waals surface area contributed by atoms with Crippen LogP contribution in [-0.2, 0) is 5.41 Å². The Balaban J connectivity index is 1.73. The molecule has 0 aliphatic heterocycles. The number of rotatable bonds is 0. The third-order valence-corrected chi connectivity index (χ3v) is 7.91. The van der Waals surface area contributed by atoms with E-state index in [1.54, 1.807) is 0 Å². The second-order valence-corrected chi connectivity index (χ2v) is 9.02. The summed E-state index contributed by atoms with van der Waals surface area (Å²) in [6, 6.07) is 37.0. The van der Waals surface area contributed by atoms with Gasteiger partial charge < -0.3 is 0 Å². The van der Waals surface area contributed by atoms with Crippen LogP contribution in [0.1, 0.15) is 69.2 Å². The molecule has 4 bridgehead atoms. The summed E-state index contributed by atoms with van der Waals surface area (Å²) in [4.78, 5) is 0. The summed E-state index contributed by atoms with van der Waals surface area (Å²) in [5, 5.41) is 0. The summed E-state index contributed by atoms with van der Waals surface area (Å²) in [7, 11) is 0. The molecule has 0 aromatic heterocycles. The van der Waals surface area contributed by atoms with E-state index in [0.717, 1.165) is 0 Å². The van der Waals surface area contributed by atoms with Gasteiger partial charge in [0.1, 0.15) is 0 Å². The zero-order valence-electron chi connectivity index (χ0n) is 16.5. The third-order valence-electron chi connectivity index (χ3n) is 7.91. The molecule has 10 rings (SSSR count). The molecule has 0 radical (unpaired) electrons. The highest BCUT2D eigenvalue weighted by Gasteiger charge is 2.54. The van der Waals surface area contributed by atoms with E-state index in [4.69, 9.17) is 0 Å². The van der Waals surface area contributed by atoms with Crippen LogP contribution >= 0.6 is 0 Å². The molecule has 4 aromatic rings. The first-order valence-electron chi connectivity index (χ1n) is 10.7. The Kier molecular flexibility index (Phi) is 2.87. The summed E-state index contributed by atoms with van der Waals surface area (Å²) in [6.45, 7) is 2.49. The lowest BCUT2D eigenvalue weighted by Gasteiger charge is -2.55. The van der Waals surface area contributed by atoms with Gasteiger partial charge in [-0.1, -0.05) is 104 Å². The standard InChI is InChI=1S/C29H22/c1-29-24-16-8-6-14-22(24)27(23-15-7-9-17-25(23)29)26-18-10-2-4-12-20(18)28(29)21-13-5-3-11-19(21)26/h2-17,26-28H,1H3. The van der Waals surface area contributed by atoms with Crippen LogP contribution in [0.15, 0.2) is 97.1 Å². The average Bonchev–Trinajstić information content (AvgIpc) is 2.77. The molecule has 0 heterocycles. The first-order valence-corrected chi connectivity index (χ1v) is 10.7. The predicted octanol–water partition coefficient (Wildman–Crippen LogP) is 6.73. The lowest BCUT2D eigenvalue weighted by Crippen LogP contribution is -2.45. The first-order chi connectivity index (χ1) is 14.3. The molecule has 29 heavy (non-hydrogen) atoms. The van der Waals surface area contributed by atoms with Crippen molar-refractivity contribution in [1.82, 2.24) is 0 Å². The van der Waals surface area contributed by atoms with Crippen LogP contribution in [0, 0.1) is 0 Å². The van der Waals surface area contributed by atoms with Gasteiger partial charge >= 0.3 is 0 Å². The highest BCUT2D eigenvalue weighted by Crippen LogP contribution is 2.65. The van der Waals surface area contributed by atoms with Crippen molar-refractivity contribution in [2.75, 3.05) is 0 Å². The molecule has 0 unspecified atom stereocenters. The molecule has 0 fully saturated rings. The van der Waals surface area contributed by atoms with E-state index in [9.17, 15) is 0 Å². The van der Waals surface area contributed by atoms with Crippen LogP contribution in [0.25, 0.3) is 0 Å². The SMILES string of the molecule is CC12c3ccccc3C(c3ccccc31)C1c3ccccc3C2c2ccccc21. The van der Waals surface area contributed by atoms with Gasteiger partial charge in [-0.15, -0.1) is 0 Å². The molecule has 0 spiro atoms. The molecule has 0 N–H and O–H groups in total. The highest BCUT2D eigenvalue weighted by molar-refractivity contribution is 5.69. The molecule has 6 aliphatic rings. The number of benzene rings is 4. The maximum Gasteiger partial charge on any atom is 0.0289 e. The topological polar surface area (TPSA) is 0 Å². The molecular formula is C29H22. The maximum atomic E-state index is 2.49. The van der Waals surface area contributed by atoms with Crippen LogP contribution in [0.2, 0.25) is 0 Å². The zero-order valence-corrected chi connectivity index (χ0v) is 16.5. The van der Waals surface area contributed by atoms with Gasteiger partial charge in [-0.2, -0.15) is 0 Å². The average molecular weight is 370 g/mol. The Morgan fingerprint density at radius 3 is 1.28 bits per heavy atom. The third kappa shape index (κ3) is 1.73. The van der Waals surface area contributed by atoms with Crippen molar-refractivity contribution in [3.8, 4) is 0 Å². The smallest absolute Gasteiger partial charge is 0.0289 e. The van der Waals surface area contributed by atoms with E-state index in [0.29, 0.717) is 17.8 Å². The fourth-order valence-corrected chi connectivity index (χ4v) is 6.90. The summed E-state index contributed by atoms with van der Waals surface area (Å²) in [6.07, 6.45) is 0. The van der Waals surface area contributed by atoms with Crippen LogP contribution in [0.5, 0.6) is 0 Å². The largest absolute Gasteiger partial charge is 0.0620 e. The van der Waals surface area contributed by atoms with Gasteiger partial charge in [-0.05, 0) is 44.5 Å². The van der Waals surface area contributed by atoms with Crippen molar-refractivity contribution in [2.45, 2.75) is 30.1 Å². The van der Waals surface area contributed by atoms with Crippen LogP contribution in [0.3, 0.4) is 0 Å². The second kappa shape index (κ2) is 5.27. The van der Waals surface area contributed by atoms with Crippen molar-refractivity contribution >= 4 is 0 Å². The summed E-state index contributed by atoms with van der Waals surface area (Å²) in [5.41, 5.74) is 12.1. The number of hydrogen-bond acceptors (Lipinski definition) is 0. The Bertz CT molecular complexity index is 1200. The van der Waals surface area contributed by atoms with Crippen LogP contribution in [-0.4, -0.2) is 0 Å². The summed E-state index contributed by atoms with van der Waals surface area (Å²) in [5.74, 6) is 1.06. The Morgan fingerprint density at radius 1 is 0.448 bits per heavy atom. The van der Waals surface area contributed by atoms with Gasteiger partial charge in [0.15, 0.2) is 0 Å². The monoisotopic (exact) mass is 370 g/mol. The highest BCUT2D eigenvalue weighted by atomic mass is 14.6. The minimum Gasteiger partial charge on any atom is -0.0620 e. The minimum absolute atomic E-state index is 0.0821. The van der Waals surface area contributed by atoms with Gasteiger partial charge in [-0.25, -0.2) is 0 Å². The predicted molar refractivity (Wildman–Crippen MR) is 118 cm³/mol. The van der Waals surface area contributed by atoms with E-state index < -0.39 is 0 Å². The molecular weight excluding hydrogens is 348 g/mol. The van der Waals surface area contributed by atoms with Gasteiger partial charge in [0.05, 0.1) is 0 Å². The van der Waals surface area contributed by atoms with Crippen LogP contribution in [0.4, 0.5) is 0 Å². The molecule has 0 nitrogen and oxygen atoms in total. The van der Waals surface area contributed by atoms with Gasteiger partial charge in [0.2, 0.25) is 0 Å². The Hall–Kier alpha value is -3.12. The molecule has 0 atom stereocenters. The number of hydrogen-bond donors (Lipinski definition) is 0. The van der Waals surface area contributed by atoms with Crippen molar-refractivity contribution in [3.63, 3.8) is 0 Å². The lowest BCUT2D eigenvalue weighted by atomic mass is 9.47. The van der Waals surface area contributed by atoms with Crippen molar-refractivity contribution in [3.05, 3.63) is 142 Å². The van der Waals surface area contributed by atoms with E-state index in [1.165, 1.54) is 44.5 Å². The molecule has 138 valence electrons. The van der Waals surface area contributed by atoms with E-state index in [2.05, 4.69) is 104 Å². The summed E-state index contributed by atoms with van der Waals surface area (Å²) < 4.78 is 0. The second-order valence-electron chi connectivity index (χ2n) is 9.02. The van der Waals surface area contributed by atoms with Crippen molar-refractivity contribution in [2.24, 2.45) is 0 Å². The van der Waals surface area contributed by atoms with Gasteiger partial charge in [-0.3, -0.25) is 0 Å². The first kappa shape index (κ1) is 15.8. The molecule has 0 heteroatoms. The fraction of sp³-hybridized carbons (Fsp3) is 0.172. The van der Waals surface area contributed by atoms with Gasteiger partial charge in [0, 0.05) is 23.2 Å². The summed E-state index contributed by atoms with van der Waals surface area (Å²) >= 11 is 0. The molecule has 0 amide bonds. The zero-order chi connectivity index (χ0) is 19.2. The van der Waals surface area contributed by atoms with Gasteiger partial charge in [0.25, 0.3) is 0 Å². The van der Waals surface area contributed by atoms with E-state index in [-0.39, 0.29) is 5.41 Å².